The third-order valence-electron chi connectivity index (χ3n) is 3.97. The largest absolute Gasteiger partial charge is 0.481 e. The molecule has 0 aliphatic heterocycles. The van der Waals surface area contributed by atoms with Crippen LogP contribution in [0.5, 0.6) is 0 Å². The second-order valence-corrected chi connectivity index (χ2v) is 7.24. The number of ether oxygens (including phenoxy) is 1. The third kappa shape index (κ3) is 4.56. The minimum atomic E-state index is -1.02. The van der Waals surface area contributed by atoms with Gasteiger partial charge in [-0.25, -0.2) is 4.79 Å². The van der Waals surface area contributed by atoms with E-state index in [1.807, 2.05) is 6.92 Å². The van der Waals surface area contributed by atoms with Crippen molar-refractivity contribution in [3.8, 4) is 0 Å². The summed E-state index contributed by atoms with van der Waals surface area (Å²) in [7, 11) is 0. The highest BCUT2D eigenvalue weighted by molar-refractivity contribution is 7.17. The summed E-state index contributed by atoms with van der Waals surface area (Å²) in [6.45, 7) is 4.43. The van der Waals surface area contributed by atoms with Gasteiger partial charge in [0.25, 0.3) is 0 Å². The second kappa shape index (κ2) is 8.28. The number of carbonyl (C=O) groups is 3. The van der Waals surface area contributed by atoms with Crippen molar-refractivity contribution in [2.24, 2.45) is 5.92 Å². The van der Waals surface area contributed by atoms with Crippen LogP contribution in [-0.2, 0) is 27.2 Å². The van der Waals surface area contributed by atoms with Gasteiger partial charge >= 0.3 is 11.9 Å². The predicted octanol–water partition coefficient (Wildman–Crippen LogP) is 3.24. The Bertz CT molecular complexity index is 637. The van der Waals surface area contributed by atoms with Gasteiger partial charge in [-0.1, -0.05) is 13.8 Å². The Morgan fingerprint density at radius 2 is 2.08 bits per heavy atom. The summed E-state index contributed by atoms with van der Waals surface area (Å²) in [5, 5.41) is 11.9. The molecule has 0 saturated heterocycles. The molecule has 1 aliphatic carbocycles. The lowest BCUT2D eigenvalue weighted by atomic mass is 9.88. The van der Waals surface area contributed by atoms with Gasteiger partial charge in [0.1, 0.15) is 5.00 Å². The monoisotopic (exact) mass is 353 g/mol. The van der Waals surface area contributed by atoms with Crippen LogP contribution in [0, 0.1) is 5.92 Å². The summed E-state index contributed by atoms with van der Waals surface area (Å²) in [5.74, 6) is -1.27. The highest BCUT2D eigenvalue weighted by Crippen LogP contribution is 2.40. The first-order valence-corrected chi connectivity index (χ1v) is 9.07. The van der Waals surface area contributed by atoms with E-state index in [2.05, 4.69) is 12.2 Å². The number of thiophene rings is 1. The Balaban J connectivity index is 2.23. The van der Waals surface area contributed by atoms with Crippen LogP contribution >= 0.6 is 11.3 Å². The number of anilines is 1. The Labute approximate surface area is 145 Å². The molecule has 6 nitrogen and oxygen atoms in total. The molecule has 24 heavy (non-hydrogen) atoms. The number of carbonyl (C=O) groups excluding carboxylic acids is 2. The number of carboxylic acid groups (broad SMARTS) is 1. The van der Waals surface area contributed by atoms with Crippen LogP contribution in [-0.4, -0.2) is 29.6 Å². The SMILES string of the molecule is CCCOC(=O)c1c(NC(=O)CCC(=O)O)sc2c1CC[C@H](C)C2. The number of fused-ring (bicyclic) bond motifs is 1. The zero-order valence-electron chi connectivity index (χ0n) is 14.0. The average Bonchev–Trinajstić information content (AvgIpc) is 2.87. The number of amides is 1. The molecule has 0 unspecified atom stereocenters. The van der Waals surface area contributed by atoms with Crippen molar-refractivity contribution >= 4 is 34.2 Å². The summed E-state index contributed by atoms with van der Waals surface area (Å²) in [5.41, 5.74) is 1.44. The van der Waals surface area contributed by atoms with Gasteiger partial charge in [-0.2, -0.15) is 0 Å². The molecule has 0 fully saturated rings. The number of hydrogen-bond donors (Lipinski definition) is 2. The van der Waals surface area contributed by atoms with Crippen molar-refractivity contribution < 1.29 is 24.2 Å². The fourth-order valence-corrected chi connectivity index (χ4v) is 4.15. The molecular weight excluding hydrogens is 330 g/mol. The summed E-state index contributed by atoms with van der Waals surface area (Å²) in [6.07, 6.45) is 3.08. The smallest absolute Gasteiger partial charge is 0.341 e. The van der Waals surface area contributed by atoms with Crippen LogP contribution in [0.2, 0.25) is 0 Å². The summed E-state index contributed by atoms with van der Waals surface area (Å²) in [4.78, 5) is 36.1. The maximum atomic E-state index is 12.4. The first kappa shape index (κ1) is 18.4. The van der Waals surface area contributed by atoms with Gasteiger partial charge in [-0.05, 0) is 37.2 Å². The number of hydrogen-bond acceptors (Lipinski definition) is 5. The quantitative estimate of drug-likeness (QED) is 0.734. The molecule has 1 aromatic heterocycles. The zero-order chi connectivity index (χ0) is 17.7. The Hall–Kier alpha value is -1.89. The molecule has 1 heterocycles. The van der Waals surface area contributed by atoms with Crippen LogP contribution in [0.25, 0.3) is 0 Å². The molecule has 0 aromatic carbocycles. The topological polar surface area (TPSA) is 92.7 Å². The molecule has 132 valence electrons. The molecule has 0 radical (unpaired) electrons. The molecular formula is C17H23NO5S. The van der Waals surface area contributed by atoms with Crippen LogP contribution < -0.4 is 5.32 Å². The van der Waals surface area contributed by atoms with E-state index in [-0.39, 0.29) is 12.8 Å². The van der Waals surface area contributed by atoms with E-state index < -0.39 is 17.8 Å². The lowest BCUT2D eigenvalue weighted by Crippen LogP contribution is -2.17. The molecule has 0 bridgehead atoms. The lowest BCUT2D eigenvalue weighted by Gasteiger charge is -2.18. The predicted molar refractivity (Wildman–Crippen MR) is 91.6 cm³/mol. The first-order valence-electron chi connectivity index (χ1n) is 8.25. The maximum Gasteiger partial charge on any atom is 0.341 e. The van der Waals surface area contributed by atoms with Gasteiger partial charge in [0.05, 0.1) is 18.6 Å². The highest BCUT2D eigenvalue weighted by atomic mass is 32.1. The zero-order valence-corrected chi connectivity index (χ0v) is 14.8. The van der Waals surface area contributed by atoms with Crippen molar-refractivity contribution in [3.05, 3.63) is 16.0 Å². The van der Waals surface area contributed by atoms with E-state index in [9.17, 15) is 14.4 Å². The molecule has 1 atom stereocenters. The van der Waals surface area contributed by atoms with E-state index in [0.29, 0.717) is 23.1 Å². The second-order valence-electron chi connectivity index (χ2n) is 6.13. The maximum absolute atomic E-state index is 12.4. The van der Waals surface area contributed by atoms with Gasteiger partial charge in [0.15, 0.2) is 0 Å². The lowest BCUT2D eigenvalue weighted by molar-refractivity contribution is -0.138. The molecule has 2 N–H and O–H groups in total. The minimum absolute atomic E-state index is 0.113. The van der Waals surface area contributed by atoms with E-state index >= 15 is 0 Å². The van der Waals surface area contributed by atoms with Crippen LogP contribution in [0.1, 0.15) is 60.3 Å². The summed E-state index contributed by atoms with van der Waals surface area (Å²) in [6, 6.07) is 0. The first-order chi connectivity index (χ1) is 11.4. The standard InChI is InChI=1S/C17H23NO5S/c1-3-8-23-17(22)15-11-5-4-10(2)9-12(11)24-16(15)18-13(19)6-7-14(20)21/h10H,3-9H2,1-2H3,(H,18,19)(H,20,21)/t10-/m0/s1. The molecule has 0 spiro atoms. The van der Waals surface area contributed by atoms with Crippen molar-refractivity contribution in [1.82, 2.24) is 0 Å². The summed E-state index contributed by atoms with van der Waals surface area (Å²) < 4.78 is 5.27. The fourth-order valence-electron chi connectivity index (χ4n) is 2.73. The van der Waals surface area contributed by atoms with E-state index in [4.69, 9.17) is 9.84 Å². The average molecular weight is 353 g/mol. The van der Waals surface area contributed by atoms with Gasteiger partial charge in [0, 0.05) is 11.3 Å². The van der Waals surface area contributed by atoms with Gasteiger partial charge in [-0.15, -0.1) is 11.3 Å². The van der Waals surface area contributed by atoms with Crippen molar-refractivity contribution in [1.29, 1.82) is 0 Å². The van der Waals surface area contributed by atoms with Crippen LogP contribution in [0.15, 0.2) is 0 Å². The van der Waals surface area contributed by atoms with E-state index in [0.717, 1.165) is 36.1 Å². The van der Waals surface area contributed by atoms with Gasteiger partial charge < -0.3 is 15.2 Å². The number of aliphatic carboxylic acids is 1. The highest BCUT2D eigenvalue weighted by Gasteiger charge is 2.29. The van der Waals surface area contributed by atoms with Crippen LogP contribution in [0.3, 0.4) is 0 Å². The number of nitrogens with one attached hydrogen (secondary N) is 1. The molecule has 1 amide bonds. The van der Waals surface area contributed by atoms with Crippen LogP contribution in [0.4, 0.5) is 5.00 Å². The van der Waals surface area contributed by atoms with Gasteiger partial charge in [0.2, 0.25) is 5.91 Å². The normalized spacial score (nSPS) is 16.3. The van der Waals surface area contributed by atoms with E-state index in [1.54, 1.807) is 0 Å². The van der Waals surface area contributed by atoms with Crippen molar-refractivity contribution in [3.63, 3.8) is 0 Å². The third-order valence-corrected chi connectivity index (χ3v) is 5.14. The number of rotatable bonds is 7. The molecule has 1 aromatic rings. The Morgan fingerprint density at radius 1 is 1.33 bits per heavy atom. The molecule has 7 heteroatoms. The van der Waals surface area contributed by atoms with Crippen molar-refractivity contribution in [2.45, 2.75) is 52.4 Å². The molecule has 1 aliphatic rings. The number of carboxylic acids is 1. The Kier molecular flexibility index (Phi) is 6.36. The summed E-state index contributed by atoms with van der Waals surface area (Å²) >= 11 is 1.41. The van der Waals surface area contributed by atoms with Crippen molar-refractivity contribution in [2.75, 3.05) is 11.9 Å². The van der Waals surface area contributed by atoms with E-state index in [1.165, 1.54) is 11.3 Å². The fraction of sp³-hybridized carbons (Fsp3) is 0.588. The molecule has 0 saturated carbocycles. The Morgan fingerprint density at radius 3 is 2.75 bits per heavy atom. The minimum Gasteiger partial charge on any atom is -0.481 e. The van der Waals surface area contributed by atoms with Gasteiger partial charge in [-0.3, -0.25) is 9.59 Å². The number of esters is 1. The molecule has 2 rings (SSSR count).